The molecule has 0 bridgehead atoms. The van der Waals surface area contributed by atoms with Crippen molar-refractivity contribution in [2.75, 3.05) is 6.54 Å². The smallest absolute Gasteiger partial charge is 0.266 e. The number of aromatic nitrogens is 3. The number of hydrogen-bond donors (Lipinski definition) is 0. The summed E-state index contributed by atoms with van der Waals surface area (Å²) in [6.45, 7) is 1.27. The van der Waals surface area contributed by atoms with Crippen LogP contribution in [0, 0.1) is 5.92 Å². The highest BCUT2D eigenvalue weighted by atomic mass is 16.2. The van der Waals surface area contributed by atoms with E-state index in [1.807, 2.05) is 17.0 Å². The minimum atomic E-state index is -0.122. The predicted octanol–water partition coefficient (Wildman–Crippen LogP) is 2.88. The van der Waals surface area contributed by atoms with E-state index in [0.29, 0.717) is 18.9 Å². The van der Waals surface area contributed by atoms with Crippen molar-refractivity contribution in [2.45, 2.75) is 57.5 Å². The predicted molar refractivity (Wildman–Crippen MR) is 103 cm³/mol. The van der Waals surface area contributed by atoms with Gasteiger partial charge in [-0.05, 0) is 49.8 Å². The van der Waals surface area contributed by atoms with Crippen LogP contribution in [0.1, 0.15) is 44.9 Å². The van der Waals surface area contributed by atoms with Crippen LogP contribution in [0.5, 0.6) is 0 Å². The van der Waals surface area contributed by atoms with E-state index in [2.05, 4.69) is 10.1 Å². The van der Waals surface area contributed by atoms with Gasteiger partial charge < -0.3 is 4.90 Å². The lowest BCUT2D eigenvalue weighted by molar-refractivity contribution is -0.133. The molecule has 6 heteroatoms. The van der Waals surface area contributed by atoms with Crippen LogP contribution in [0.2, 0.25) is 0 Å². The lowest BCUT2D eigenvalue weighted by Gasteiger charge is -2.26. The van der Waals surface area contributed by atoms with Gasteiger partial charge in [0.15, 0.2) is 0 Å². The van der Waals surface area contributed by atoms with Gasteiger partial charge in [0, 0.05) is 37.0 Å². The van der Waals surface area contributed by atoms with Crippen molar-refractivity contribution >= 4 is 5.91 Å². The van der Waals surface area contributed by atoms with Gasteiger partial charge in [0.2, 0.25) is 5.91 Å². The summed E-state index contributed by atoms with van der Waals surface area (Å²) in [6, 6.07) is 7.12. The second-order valence-electron chi connectivity index (χ2n) is 7.71. The molecule has 4 rings (SSSR count). The van der Waals surface area contributed by atoms with Crippen molar-refractivity contribution in [3.05, 3.63) is 47.0 Å². The zero-order chi connectivity index (χ0) is 18.6. The Hall–Kier alpha value is -2.50. The Morgan fingerprint density at radius 1 is 1.04 bits per heavy atom. The molecule has 0 spiro atoms. The van der Waals surface area contributed by atoms with Gasteiger partial charge in [-0.25, -0.2) is 4.68 Å². The Bertz CT molecular complexity index is 843. The Labute approximate surface area is 159 Å². The molecule has 2 aliphatic rings. The van der Waals surface area contributed by atoms with Crippen molar-refractivity contribution in [3.8, 4) is 11.3 Å². The summed E-state index contributed by atoms with van der Waals surface area (Å²) in [6.07, 6.45) is 10.9. The fourth-order valence-electron chi connectivity index (χ4n) is 4.39. The summed E-state index contributed by atoms with van der Waals surface area (Å²) in [7, 11) is 0. The first-order chi connectivity index (χ1) is 13.2. The normalized spacial score (nSPS) is 20.3. The van der Waals surface area contributed by atoms with Crippen LogP contribution in [-0.2, 0) is 11.3 Å². The monoisotopic (exact) mass is 366 g/mol. The maximum atomic E-state index is 12.8. The molecule has 2 aromatic rings. The fraction of sp³-hybridized carbons (Fsp3) is 0.524. The molecule has 1 amide bonds. The second-order valence-corrected chi connectivity index (χ2v) is 7.71. The number of carbonyl (C=O) groups is 1. The number of hydrogen-bond acceptors (Lipinski definition) is 4. The van der Waals surface area contributed by atoms with Crippen molar-refractivity contribution in [1.29, 1.82) is 0 Å². The third-order valence-corrected chi connectivity index (χ3v) is 5.86. The highest BCUT2D eigenvalue weighted by molar-refractivity contribution is 5.77. The molecule has 0 aromatic carbocycles. The summed E-state index contributed by atoms with van der Waals surface area (Å²) in [5, 5.41) is 4.54. The maximum absolute atomic E-state index is 12.8. The Kier molecular flexibility index (Phi) is 5.32. The molecule has 1 unspecified atom stereocenters. The lowest BCUT2D eigenvalue weighted by Crippen LogP contribution is -2.41. The summed E-state index contributed by atoms with van der Waals surface area (Å²) in [4.78, 5) is 31.1. The summed E-state index contributed by atoms with van der Waals surface area (Å²) in [5.41, 5.74) is 1.56. The van der Waals surface area contributed by atoms with E-state index < -0.39 is 0 Å². The van der Waals surface area contributed by atoms with E-state index >= 15 is 0 Å². The van der Waals surface area contributed by atoms with E-state index in [0.717, 1.165) is 30.6 Å². The average molecular weight is 366 g/mol. The van der Waals surface area contributed by atoms with Gasteiger partial charge in [-0.1, -0.05) is 12.8 Å². The molecule has 0 N–H and O–H groups in total. The van der Waals surface area contributed by atoms with Crippen molar-refractivity contribution in [2.24, 2.45) is 5.92 Å². The summed E-state index contributed by atoms with van der Waals surface area (Å²) in [5.74, 6) is 0.803. The molecule has 2 aromatic heterocycles. The molecular weight excluding hydrogens is 340 g/mol. The van der Waals surface area contributed by atoms with Gasteiger partial charge in [0.05, 0.1) is 18.3 Å². The molecule has 1 aliphatic heterocycles. The van der Waals surface area contributed by atoms with Gasteiger partial charge in [-0.3, -0.25) is 14.6 Å². The number of rotatable bonds is 5. The Morgan fingerprint density at radius 3 is 2.59 bits per heavy atom. The van der Waals surface area contributed by atoms with E-state index in [-0.39, 0.29) is 17.5 Å². The first-order valence-electron chi connectivity index (χ1n) is 9.99. The van der Waals surface area contributed by atoms with Crippen LogP contribution in [-0.4, -0.2) is 38.2 Å². The zero-order valence-corrected chi connectivity index (χ0v) is 15.6. The second kappa shape index (κ2) is 8.03. The standard InChI is InChI=1S/C21H26N4O2/c26-20-8-7-19(17-9-11-22-12-10-17)23-25(20)15-18-6-3-13-24(18)21(27)14-16-4-1-2-5-16/h7-12,16,18H,1-6,13-15H2. The van der Waals surface area contributed by atoms with Crippen LogP contribution >= 0.6 is 0 Å². The minimum absolute atomic E-state index is 0.0665. The van der Waals surface area contributed by atoms with E-state index in [4.69, 9.17) is 0 Å². The van der Waals surface area contributed by atoms with Gasteiger partial charge in [0.25, 0.3) is 5.56 Å². The van der Waals surface area contributed by atoms with E-state index in [1.165, 1.54) is 30.4 Å². The summed E-state index contributed by atoms with van der Waals surface area (Å²) < 4.78 is 1.52. The molecule has 6 nitrogen and oxygen atoms in total. The van der Waals surface area contributed by atoms with Crippen LogP contribution in [0.3, 0.4) is 0 Å². The lowest BCUT2D eigenvalue weighted by atomic mass is 10.0. The Morgan fingerprint density at radius 2 is 1.81 bits per heavy atom. The zero-order valence-electron chi connectivity index (χ0n) is 15.6. The molecular formula is C21H26N4O2. The highest BCUT2D eigenvalue weighted by Crippen LogP contribution is 2.29. The van der Waals surface area contributed by atoms with E-state index in [9.17, 15) is 9.59 Å². The molecule has 3 heterocycles. The Balaban J connectivity index is 1.49. The van der Waals surface area contributed by atoms with Crippen LogP contribution in [0.15, 0.2) is 41.5 Å². The SMILES string of the molecule is O=C(CC1CCCC1)N1CCCC1Cn1nc(-c2ccncc2)ccc1=O. The third-order valence-electron chi connectivity index (χ3n) is 5.86. The van der Waals surface area contributed by atoms with Crippen LogP contribution in [0.25, 0.3) is 11.3 Å². The van der Waals surface area contributed by atoms with Crippen LogP contribution < -0.4 is 5.56 Å². The molecule has 0 radical (unpaired) electrons. The summed E-state index contributed by atoms with van der Waals surface area (Å²) >= 11 is 0. The van der Waals surface area contributed by atoms with E-state index in [1.54, 1.807) is 24.5 Å². The van der Waals surface area contributed by atoms with Crippen LogP contribution in [0.4, 0.5) is 0 Å². The quantitative estimate of drug-likeness (QED) is 0.816. The van der Waals surface area contributed by atoms with Gasteiger partial charge >= 0.3 is 0 Å². The number of carbonyl (C=O) groups excluding carboxylic acids is 1. The number of amides is 1. The fourth-order valence-corrected chi connectivity index (χ4v) is 4.39. The topological polar surface area (TPSA) is 68.1 Å². The largest absolute Gasteiger partial charge is 0.338 e. The molecule has 142 valence electrons. The molecule has 2 fully saturated rings. The number of pyridine rings is 1. The third kappa shape index (κ3) is 4.10. The van der Waals surface area contributed by atoms with Crippen molar-refractivity contribution in [3.63, 3.8) is 0 Å². The van der Waals surface area contributed by atoms with Gasteiger partial charge in [0.1, 0.15) is 0 Å². The molecule has 1 aliphatic carbocycles. The average Bonchev–Trinajstić information content (AvgIpc) is 3.36. The number of nitrogens with zero attached hydrogens (tertiary/aromatic N) is 4. The molecule has 1 atom stereocenters. The molecule has 27 heavy (non-hydrogen) atoms. The van der Waals surface area contributed by atoms with Crippen molar-refractivity contribution < 1.29 is 4.79 Å². The van der Waals surface area contributed by atoms with Crippen molar-refractivity contribution in [1.82, 2.24) is 19.7 Å². The minimum Gasteiger partial charge on any atom is -0.338 e. The molecule has 1 saturated carbocycles. The first kappa shape index (κ1) is 17.9. The van der Waals surface area contributed by atoms with Gasteiger partial charge in [-0.15, -0.1) is 0 Å². The van der Waals surface area contributed by atoms with Gasteiger partial charge in [-0.2, -0.15) is 5.10 Å². The maximum Gasteiger partial charge on any atom is 0.266 e. The molecule has 1 saturated heterocycles. The first-order valence-corrected chi connectivity index (χ1v) is 9.99. The number of likely N-dealkylation sites (tertiary alicyclic amines) is 1. The highest BCUT2D eigenvalue weighted by Gasteiger charge is 2.31.